The summed E-state index contributed by atoms with van der Waals surface area (Å²) in [7, 11) is 0. The molecule has 1 aliphatic rings. The molecule has 0 bridgehead atoms. The highest BCUT2D eigenvalue weighted by Gasteiger charge is 2.27. The summed E-state index contributed by atoms with van der Waals surface area (Å²) < 4.78 is 0. The van der Waals surface area contributed by atoms with Gasteiger partial charge in [0.1, 0.15) is 0 Å². The minimum absolute atomic E-state index is 0.509. The van der Waals surface area contributed by atoms with E-state index in [1.807, 2.05) is 0 Å². The van der Waals surface area contributed by atoms with Crippen molar-refractivity contribution in [3.05, 3.63) is 0 Å². The highest BCUT2D eigenvalue weighted by molar-refractivity contribution is 4.86. The monoisotopic (exact) mass is 228 g/mol. The van der Waals surface area contributed by atoms with Crippen LogP contribution in [0.3, 0.4) is 0 Å². The van der Waals surface area contributed by atoms with E-state index in [1.54, 1.807) is 0 Å². The Labute approximate surface area is 100 Å². The van der Waals surface area contributed by atoms with Gasteiger partial charge in [-0.15, -0.1) is 0 Å². The van der Waals surface area contributed by atoms with Crippen molar-refractivity contribution in [3.63, 3.8) is 0 Å². The summed E-state index contributed by atoms with van der Waals surface area (Å²) in [4.78, 5) is 2.49. The average molecular weight is 228 g/mol. The van der Waals surface area contributed by atoms with E-state index in [-0.39, 0.29) is 0 Å². The normalized spacial score (nSPS) is 23.2. The van der Waals surface area contributed by atoms with Gasteiger partial charge < -0.3 is 10.4 Å². The molecule has 96 valence electrons. The molecule has 1 saturated heterocycles. The molecular formula is C13H28N2O. The summed E-state index contributed by atoms with van der Waals surface area (Å²) in [5.74, 6) is 0. The van der Waals surface area contributed by atoms with Gasteiger partial charge in [-0.3, -0.25) is 4.90 Å². The zero-order chi connectivity index (χ0) is 12.2. The largest absolute Gasteiger partial charge is 0.389 e. The van der Waals surface area contributed by atoms with Crippen LogP contribution < -0.4 is 5.32 Å². The molecule has 16 heavy (non-hydrogen) atoms. The van der Waals surface area contributed by atoms with Crippen LogP contribution in [0.4, 0.5) is 0 Å². The van der Waals surface area contributed by atoms with E-state index in [0.717, 1.165) is 25.9 Å². The van der Waals surface area contributed by atoms with E-state index in [9.17, 15) is 5.11 Å². The van der Waals surface area contributed by atoms with Gasteiger partial charge in [0.2, 0.25) is 0 Å². The minimum atomic E-state index is -0.509. The average Bonchev–Trinajstić information content (AvgIpc) is 2.75. The van der Waals surface area contributed by atoms with Gasteiger partial charge in [0.25, 0.3) is 0 Å². The van der Waals surface area contributed by atoms with Crippen molar-refractivity contribution in [2.45, 2.75) is 64.6 Å². The van der Waals surface area contributed by atoms with E-state index in [4.69, 9.17) is 0 Å². The predicted molar refractivity (Wildman–Crippen MR) is 68.6 cm³/mol. The van der Waals surface area contributed by atoms with E-state index < -0.39 is 5.60 Å². The van der Waals surface area contributed by atoms with Gasteiger partial charge >= 0.3 is 0 Å². The zero-order valence-electron chi connectivity index (χ0n) is 11.3. The molecule has 1 heterocycles. The van der Waals surface area contributed by atoms with E-state index >= 15 is 0 Å². The molecular weight excluding hydrogens is 200 g/mol. The van der Waals surface area contributed by atoms with Crippen molar-refractivity contribution in [1.82, 2.24) is 10.2 Å². The smallest absolute Gasteiger partial charge is 0.0766 e. The number of rotatable bonds is 6. The van der Waals surface area contributed by atoms with Gasteiger partial charge in [-0.25, -0.2) is 0 Å². The Morgan fingerprint density at radius 1 is 1.38 bits per heavy atom. The maximum Gasteiger partial charge on any atom is 0.0766 e. The number of nitrogens with one attached hydrogen (secondary N) is 1. The Bertz CT molecular complexity index is 202. The van der Waals surface area contributed by atoms with Crippen LogP contribution in [0.5, 0.6) is 0 Å². The maximum atomic E-state index is 10.2. The Hall–Kier alpha value is -0.120. The van der Waals surface area contributed by atoms with Crippen molar-refractivity contribution in [2.75, 3.05) is 19.6 Å². The van der Waals surface area contributed by atoms with Crippen molar-refractivity contribution < 1.29 is 5.11 Å². The first-order valence-electron chi connectivity index (χ1n) is 6.70. The van der Waals surface area contributed by atoms with Crippen molar-refractivity contribution >= 4 is 0 Å². The molecule has 2 N–H and O–H groups in total. The topological polar surface area (TPSA) is 35.5 Å². The zero-order valence-corrected chi connectivity index (χ0v) is 11.3. The fourth-order valence-corrected chi connectivity index (χ4v) is 2.26. The molecule has 0 radical (unpaired) electrons. The first-order chi connectivity index (χ1) is 7.50. The molecule has 0 amide bonds. The molecule has 3 heteroatoms. The van der Waals surface area contributed by atoms with Crippen LogP contribution in [-0.4, -0.2) is 47.3 Å². The highest BCUT2D eigenvalue weighted by atomic mass is 16.3. The van der Waals surface area contributed by atoms with Gasteiger partial charge in [0.05, 0.1) is 5.60 Å². The lowest BCUT2D eigenvalue weighted by atomic mass is 9.97. The number of nitrogens with zero attached hydrogens (tertiary/aromatic N) is 1. The lowest BCUT2D eigenvalue weighted by molar-refractivity contribution is 0.0300. The standard InChI is InChI=1S/C13H28N2O/c1-5-13(16,6-2)10-14-12-7-8-15(9-12)11(3)4/h11-12,14,16H,5-10H2,1-4H3. The van der Waals surface area contributed by atoms with Crippen LogP contribution in [0.25, 0.3) is 0 Å². The molecule has 1 aliphatic heterocycles. The van der Waals surface area contributed by atoms with Crippen LogP contribution in [-0.2, 0) is 0 Å². The summed E-state index contributed by atoms with van der Waals surface area (Å²) in [5, 5.41) is 13.7. The fourth-order valence-electron chi connectivity index (χ4n) is 2.26. The minimum Gasteiger partial charge on any atom is -0.389 e. The lowest BCUT2D eigenvalue weighted by Gasteiger charge is -2.28. The number of hydrogen-bond donors (Lipinski definition) is 2. The number of likely N-dealkylation sites (tertiary alicyclic amines) is 1. The maximum absolute atomic E-state index is 10.2. The molecule has 3 nitrogen and oxygen atoms in total. The van der Waals surface area contributed by atoms with Gasteiger partial charge in [0.15, 0.2) is 0 Å². The van der Waals surface area contributed by atoms with Gasteiger partial charge in [-0.1, -0.05) is 13.8 Å². The Morgan fingerprint density at radius 2 is 2.00 bits per heavy atom. The van der Waals surface area contributed by atoms with Crippen molar-refractivity contribution in [2.24, 2.45) is 0 Å². The first kappa shape index (κ1) is 13.9. The fraction of sp³-hybridized carbons (Fsp3) is 1.00. The third-order valence-electron chi connectivity index (χ3n) is 3.99. The first-order valence-corrected chi connectivity index (χ1v) is 6.70. The highest BCUT2D eigenvalue weighted by Crippen LogP contribution is 2.16. The Morgan fingerprint density at radius 3 is 2.44 bits per heavy atom. The van der Waals surface area contributed by atoms with Gasteiger partial charge in [-0.2, -0.15) is 0 Å². The molecule has 1 unspecified atom stereocenters. The summed E-state index contributed by atoms with van der Waals surface area (Å²) in [6.45, 7) is 11.7. The number of aliphatic hydroxyl groups is 1. The second-order valence-corrected chi connectivity index (χ2v) is 5.39. The van der Waals surface area contributed by atoms with Crippen LogP contribution in [0.1, 0.15) is 47.0 Å². The van der Waals surface area contributed by atoms with Gasteiger partial charge in [0, 0.05) is 25.2 Å². The van der Waals surface area contributed by atoms with Crippen molar-refractivity contribution in [3.8, 4) is 0 Å². The molecule has 1 rings (SSSR count). The quantitative estimate of drug-likeness (QED) is 0.725. The molecule has 0 aliphatic carbocycles. The van der Waals surface area contributed by atoms with Gasteiger partial charge in [-0.05, 0) is 39.7 Å². The summed E-state index contributed by atoms with van der Waals surface area (Å²) in [6.07, 6.45) is 2.87. The van der Waals surface area contributed by atoms with E-state index in [0.29, 0.717) is 12.1 Å². The predicted octanol–water partition coefficient (Wildman–Crippen LogP) is 1.61. The van der Waals surface area contributed by atoms with Crippen molar-refractivity contribution in [1.29, 1.82) is 0 Å². The second-order valence-electron chi connectivity index (χ2n) is 5.39. The van der Waals surface area contributed by atoms with Crippen LogP contribution in [0.2, 0.25) is 0 Å². The summed E-state index contributed by atoms with van der Waals surface area (Å²) in [6, 6.07) is 1.20. The van der Waals surface area contributed by atoms with E-state index in [1.165, 1.54) is 13.0 Å². The molecule has 0 aromatic carbocycles. The van der Waals surface area contributed by atoms with Crippen LogP contribution >= 0.6 is 0 Å². The molecule has 1 atom stereocenters. The summed E-state index contributed by atoms with van der Waals surface area (Å²) >= 11 is 0. The Kier molecular flexibility index (Phi) is 5.22. The van der Waals surface area contributed by atoms with E-state index in [2.05, 4.69) is 37.9 Å². The third-order valence-corrected chi connectivity index (χ3v) is 3.99. The lowest BCUT2D eigenvalue weighted by Crippen LogP contribution is -2.45. The molecule has 0 saturated carbocycles. The molecule has 0 aromatic rings. The third kappa shape index (κ3) is 3.72. The molecule has 1 fully saturated rings. The molecule has 0 spiro atoms. The van der Waals surface area contributed by atoms with Crippen LogP contribution in [0.15, 0.2) is 0 Å². The summed E-state index contributed by atoms with van der Waals surface area (Å²) in [5.41, 5.74) is -0.509. The van der Waals surface area contributed by atoms with Crippen LogP contribution in [0, 0.1) is 0 Å². The molecule has 0 aromatic heterocycles. The second kappa shape index (κ2) is 5.99. The Balaban J connectivity index is 2.29. The SMILES string of the molecule is CCC(O)(CC)CNC1CCN(C(C)C)C1. The number of hydrogen-bond acceptors (Lipinski definition) is 3.